The smallest absolute Gasteiger partial charge is 0.330 e. The summed E-state index contributed by atoms with van der Waals surface area (Å²) < 4.78 is 4.60. The van der Waals surface area contributed by atoms with Gasteiger partial charge in [-0.1, -0.05) is 29.3 Å². The lowest BCUT2D eigenvalue weighted by Gasteiger charge is -2.24. The Hall–Kier alpha value is -0.770. The number of carbonyl (C=O) groups is 1. The molecule has 0 heterocycles. The van der Waals surface area contributed by atoms with Gasteiger partial charge in [0.2, 0.25) is 0 Å². The van der Waals surface area contributed by atoms with Crippen LogP contribution in [-0.2, 0) is 15.1 Å². The summed E-state index contributed by atoms with van der Waals surface area (Å²) in [4.78, 5) is 11.5. The summed E-state index contributed by atoms with van der Waals surface area (Å²) in [6.07, 6.45) is 0. The SMILES string of the molecule is COC(=O)C(C)(N)c1c(Cl)cccc1Cl. The molecule has 1 atom stereocenters. The molecule has 0 aliphatic carbocycles. The first-order chi connectivity index (χ1) is 6.91. The maximum Gasteiger partial charge on any atom is 0.330 e. The van der Waals surface area contributed by atoms with E-state index in [4.69, 9.17) is 28.9 Å². The van der Waals surface area contributed by atoms with Gasteiger partial charge in [0.05, 0.1) is 7.11 Å². The molecule has 1 rings (SSSR count). The molecule has 1 aromatic carbocycles. The van der Waals surface area contributed by atoms with Crippen molar-refractivity contribution in [1.82, 2.24) is 0 Å². The van der Waals surface area contributed by atoms with E-state index in [1.54, 1.807) is 18.2 Å². The molecule has 2 N–H and O–H groups in total. The molecule has 0 fully saturated rings. The lowest BCUT2D eigenvalue weighted by atomic mass is 9.93. The van der Waals surface area contributed by atoms with Crippen LogP contribution >= 0.6 is 23.2 Å². The number of methoxy groups -OCH3 is 1. The number of benzene rings is 1. The number of hydrogen-bond acceptors (Lipinski definition) is 3. The molecule has 0 saturated heterocycles. The summed E-state index contributed by atoms with van der Waals surface area (Å²) >= 11 is 11.9. The lowest BCUT2D eigenvalue weighted by molar-refractivity contribution is -0.146. The Balaban J connectivity index is 3.32. The van der Waals surface area contributed by atoms with Gasteiger partial charge in [-0.2, -0.15) is 0 Å². The van der Waals surface area contributed by atoms with E-state index in [1.165, 1.54) is 14.0 Å². The summed E-state index contributed by atoms with van der Waals surface area (Å²) in [6.45, 7) is 1.51. The largest absolute Gasteiger partial charge is 0.467 e. The quantitative estimate of drug-likeness (QED) is 0.817. The number of ether oxygens (including phenoxy) is 1. The maximum absolute atomic E-state index is 11.5. The Kier molecular flexibility index (Phi) is 3.60. The molecule has 1 unspecified atom stereocenters. The maximum atomic E-state index is 11.5. The van der Waals surface area contributed by atoms with Crippen LogP contribution in [0.5, 0.6) is 0 Å². The second-order valence-corrected chi connectivity index (χ2v) is 4.10. The highest BCUT2D eigenvalue weighted by Gasteiger charge is 2.35. The minimum atomic E-state index is -1.34. The molecular weight excluding hydrogens is 237 g/mol. The van der Waals surface area contributed by atoms with Crippen LogP contribution in [0.3, 0.4) is 0 Å². The van der Waals surface area contributed by atoms with Gasteiger partial charge in [0.25, 0.3) is 0 Å². The van der Waals surface area contributed by atoms with Crippen LogP contribution in [0.25, 0.3) is 0 Å². The molecular formula is C10H11Cl2NO2. The topological polar surface area (TPSA) is 52.3 Å². The first-order valence-corrected chi connectivity index (χ1v) is 4.98. The van der Waals surface area contributed by atoms with E-state index >= 15 is 0 Å². The second-order valence-electron chi connectivity index (χ2n) is 3.29. The predicted molar refractivity (Wildman–Crippen MR) is 60.0 cm³/mol. The highest BCUT2D eigenvalue weighted by molar-refractivity contribution is 6.36. The van der Waals surface area contributed by atoms with Gasteiger partial charge in [0, 0.05) is 15.6 Å². The van der Waals surface area contributed by atoms with E-state index in [9.17, 15) is 4.79 Å². The van der Waals surface area contributed by atoms with E-state index in [0.717, 1.165) is 0 Å². The van der Waals surface area contributed by atoms with Crippen LogP contribution in [-0.4, -0.2) is 13.1 Å². The summed E-state index contributed by atoms with van der Waals surface area (Å²) in [5.74, 6) is -0.586. The van der Waals surface area contributed by atoms with Crippen LogP contribution in [0.15, 0.2) is 18.2 Å². The first-order valence-electron chi connectivity index (χ1n) is 4.23. The molecule has 15 heavy (non-hydrogen) atoms. The van der Waals surface area contributed by atoms with Gasteiger partial charge in [0.15, 0.2) is 0 Å². The minimum absolute atomic E-state index is 0.345. The van der Waals surface area contributed by atoms with Crippen molar-refractivity contribution in [3.8, 4) is 0 Å². The Labute approximate surface area is 98.1 Å². The number of carbonyl (C=O) groups excluding carboxylic acids is 1. The summed E-state index contributed by atoms with van der Waals surface area (Å²) in [7, 11) is 1.26. The Morgan fingerprint density at radius 3 is 2.27 bits per heavy atom. The van der Waals surface area contributed by atoms with E-state index in [0.29, 0.717) is 15.6 Å². The zero-order valence-corrected chi connectivity index (χ0v) is 9.89. The van der Waals surface area contributed by atoms with E-state index in [-0.39, 0.29) is 0 Å². The van der Waals surface area contributed by atoms with Crippen LogP contribution in [0.2, 0.25) is 10.0 Å². The van der Waals surface area contributed by atoms with Gasteiger partial charge in [-0.25, -0.2) is 4.79 Å². The van der Waals surface area contributed by atoms with Gasteiger partial charge in [0.1, 0.15) is 5.54 Å². The number of nitrogens with two attached hydrogens (primary N) is 1. The number of hydrogen-bond donors (Lipinski definition) is 1. The van der Waals surface area contributed by atoms with Crippen molar-refractivity contribution in [2.75, 3.05) is 7.11 Å². The Morgan fingerprint density at radius 1 is 1.40 bits per heavy atom. The molecule has 0 saturated carbocycles. The van der Waals surface area contributed by atoms with Crippen LogP contribution in [0.1, 0.15) is 12.5 Å². The van der Waals surface area contributed by atoms with E-state index < -0.39 is 11.5 Å². The van der Waals surface area contributed by atoms with Crippen molar-refractivity contribution in [2.45, 2.75) is 12.5 Å². The third kappa shape index (κ3) is 2.25. The molecule has 1 aromatic rings. The molecule has 0 spiro atoms. The average molecular weight is 248 g/mol. The molecule has 0 radical (unpaired) electrons. The Bertz CT molecular complexity index is 371. The normalized spacial score (nSPS) is 14.5. The zero-order valence-electron chi connectivity index (χ0n) is 8.38. The van der Waals surface area contributed by atoms with Crippen molar-refractivity contribution < 1.29 is 9.53 Å². The van der Waals surface area contributed by atoms with Gasteiger partial charge in [-0.15, -0.1) is 0 Å². The summed E-state index contributed by atoms with van der Waals surface area (Å²) in [5, 5.41) is 0.691. The van der Waals surface area contributed by atoms with Crippen LogP contribution in [0.4, 0.5) is 0 Å². The molecule has 0 bridgehead atoms. The molecule has 0 amide bonds. The molecule has 5 heteroatoms. The molecule has 3 nitrogen and oxygen atoms in total. The molecule has 0 aromatic heterocycles. The summed E-state index contributed by atoms with van der Waals surface area (Å²) in [5.41, 5.74) is 4.88. The molecule has 0 aliphatic rings. The number of esters is 1. The highest BCUT2D eigenvalue weighted by Crippen LogP contribution is 2.33. The summed E-state index contributed by atoms with van der Waals surface area (Å²) in [6, 6.07) is 4.93. The molecule has 0 aliphatic heterocycles. The van der Waals surface area contributed by atoms with Gasteiger partial charge < -0.3 is 10.5 Å². The highest BCUT2D eigenvalue weighted by atomic mass is 35.5. The minimum Gasteiger partial charge on any atom is -0.467 e. The van der Waals surface area contributed by atoms with E-state index in [1.807, 2.05) is 0 Å². The third-order valence-corrected chi connectivity index (χ3v) is 2.72. The lowest BCUT2D eigenvalue weighted by Crippen LogP contribution is -2.43. The zero-order chi connectivity index (χ0) is 11.6. The van der Waals surface area contributed by atoms with Gasteiger partial charge >= 0.3 is 5.97 Å². The van der Waals surface area contributed by atoms with Gasteiger partial charge in [-0.05, 0) is 19.1 Å². The standard InChI is InChI=1S/C10H11Cl2NO2/c1-10(13,9(14)15-2)8-6(11)4-3-5-7(8)12/h3-5H,13H2,1-2H3. The fraction of sp³-hybridized carbons (Fsp3) is 0.300. The van der Waals surface area contributed by atoms with Crippen molar-refractivity contribution in [3.05, 3.63) is 33.8 Å². The molecule has 82 valence electrons. The number of rotatable bonds is 2. The fourth-order valence-electron chi connectivity index (χ4n) is 1.31. The number of halogens is 2. The second kappa shape index (κ2) is 4.39. The van der Waals surface area contributed by atoms with Crippen molar-refractivity contribution in [1.29, 1.82) is 0 Å². The Morgan fingerprint density at radius 2 is 1.87 bits per heavy atom. The van der Waals surface area contributed by atoms with E-state index in [2.05, 4.69) is 4.74 Å². The average Bonchev–Trinajstić information content (AvgIpc) is 2.15. The van der Waals surface area contributed by atoms with Crippen LogP contribution < -0.4 is 5.73 Å². The van der Waals surface area contributed by atoms with Crippen LogP contribution in [0, 0.1) is 0 Å². The van der Waals surface area contributed by atoms with Gasteiger partial charge in [-0.3, -0.25) is 0 Å². The van der Waals surface area contributed by atoms with Crippen molar-refractivity contribution in [3.63, 3.8) is 0 Å². The monoisotopic (exact) mass is 247 g/mol. The predicted octanol–water partition coefficient (Wildman–Crippen LogP) is 2.34. The fourth-order valence-corrected chi connectivity index (χ4v) is 2.10. The van der Waals surface area contributed by atoms with Crippen molar-refractivity contribution >= 4 is 29.2 Å². The first kappa shape index (κ1) is 12.3. The van der Waals surface area contributed by atoms with Crippen molar-refractivity contribution in [2.24, 2.45) is 5.73 Å². The third-order valence-electron chi connectivity index (χ3n) is 2.09.